The summed E-state index contributed by atoms with van der Waals surface area (Å²) >= 11 is 0. The molecule has 0 saturated heterocycles. The molecule has 108 valence electrons. The van der Waals surface area contributed by atoms with Crippen LogP contribution >= 0.6 is 0 Å². The first kappa shape index (κ1) is 16.2. The molecule has 1 aromatic rings. The molecular formula is C17H29NO. The second-order valence-corrected chi connectivity index (χ2v) is 6.25. The summed E-state index contributed by atoms with van der Waals surface area (Å²) in [6, 6.07) is 8.31. The number of aliphatic hydroxyl groups excluding tert-OH is 1. The van der Waals surface area contributed by atoms with Crippen molar-refractivity contribution in [1.82, 2.24) is 0 Å². The summed E-state index contributed by atoms with van der Waals surface area (Å²) in [5, 5.41) is 9.98. The van der Waals surface area contributed by atoms with E-state index in [9.17, 15) is 5.11 Å². The zero-order valence-electron chi connectivity index (χ0n) is 12.7. The third kappa shape index (κ3) is 5.75. The Balaban J connectivity index is 2.62. The number of hydrogen-bond donors (Lipinski definition) is 2. The van der Waals surface area contributed by atoms with Gasteiger partial charge in [-0.2, -0.15) is 0 Å². The molecule has 0 fully saturated rings. The summed E-state index contributed by atoms with van der Waals surface area (Å²) in [6.45, 7) is 7.44. The van der Waals surface area contributed by atoms with Crippen LogP contribution in [0.3, 0.4) is 0 Å². The molecule has 0 amide bonds. The van der Waals surface area contributed by atoms with Crippen molar-refractivity contribution >= 4 is 0 Å². The van der Waals surface area contributed by atoms with Gasteiger partial charge in [-0.05, 0) is 48.8 Å². The van der Waals surface area contributed by atoms with Crippen LogP contribution in [0.4, 0.5) is 0 Å². The minimum Gasteiger partial charge on any atom is -0.388 e. The first-order valence-corrected chi connectivity index (χ1v) is 7.45. The van der Waals surface area contributed by atoms with E-state index in [1.165, 1.54) is 24.8 Å². The van der Waals surface area contributed by atoms with Crippen molar-refractivity contribution in [3.8, 4) is 0 Å². The number of benzene rings is 1. The number of nitrogens with two attached hydrogens (primary N) is 1. The molecule has 0 heterocycles. The smallest absolute Gasteiger partial charge is 0.0802 e. The van der Waals surface area contributed by atoms with Crippen LogP contribution in [-0.2, 0) is 6.42 Å². The average Bonchev–Trinajstić information content (AvgIpc) is 2.37. The van der Waals surface area contributed by atoms with Gasteiger partial charge in [-0.25, -0.2) is 0 Å². The van der Waals surface area contributed by atoms with Gasteiger partial charge in [-0.3, -0.25) is 0 Å². The van der Waals surface area contributed by atoms with Crippen molar-refractivity contribution in [2.75, 3.05) is 6.54 Å². The maximum atomic E-state index is 9.98. The summed E-state index contributed by atoms with van der Waals surface area (Å²) in [6.07, 6.45) is 4.98. The highest BCUT2D eigenvalue weighted by Gasteiger charge is 2.16. The molecule has 19 heavy (non-hydrogen) atoms. The van der Waals surface area contributed by atoms with Gasteiger partial charge in [0.05, 0.1) is 6.10 Å². The van der Waals surface area contributed by atoms with Gasteiger partial charge in [0.15, 0.2) is 0 Å². The third-order valence-electron chi connectivity index (χ3n) is 3.79. The van der Waals surface area contributed by atoms with Crippen LogP contribution in [0.5, 0.6) is 0 Å². The molecule has 0 saturated carbocycles. The van der Waals surface area contributed by atoms with Gasteiger partial charge in [0.1, 0.15) is 0 Å². The van der Waals surface area contributed by atoms with E-state index in [2.05, 4.69) is 32.9 Å². The van der Waals surface area contributed by atoms with Crippen LogP contribution in [0.25, 0.3) is 0 Å². The van der Waals surface area contributed by atoms with E-state index in [4.69, 9.17) is 5.73 Å². The minimum atomic E-state index is -0.423. The standard InChI is InChI=1S/C17H29NO/c1-4-10-17(2,3)11-8-14-6-5-7-15(13-14)16(19)9-12-18/h5-7,13,16,19H,4,8-12,18H2,1-3H3. The van der Waals surface area contributed by atoms with Crippen molar-refractivity contribution < 1.29 is 5.11 Å². The molecule has 0 spiro atoms. The lowest BCUT2D eigenvalue weighted by molar-refractivity contribution is 0.170. The second-order valence-electron chi connectivity index (χ2n) is 6.25. The molecule has 1 atom stereocenters. The molecule has 1 rings (SSSR count). The predicted octanol–water partition coefficient (Wildman–Crippen LogP) is 3.83. The summed E-state index contributed by atoms with van der Waals surface area (Å²) in [7, 11) is 0. The van der Waals surface area contributed by atoms with Gasteiger partial charge < -0.3 is 10.8 Å². The lowest BCUT2D eigenvalue weighted by Gasteiger charge is -2.24. The van der Waals surface area contributed by atoms with E-state index >= 15 is 0 Å². The minimum absolute atomic E-state index is 0.403. The van der Waals surface area contributed by atoms with Gasteiger partial charge in [0, 0.05) is 0 Å². The van der Waals surface area contributed by atoms with Gasteiger partial charge in [0.25, 0.3) is 0 Å². The van der Waals surface area contributed by atoms with Gasteiger partial charge >= 0.3 is 0 Å². The highest BCUT2D eigenvalue weighted by Crippen LogP contribution is 2.29. The molecule has 0 aromatic heterocycles. The van der Waals surface area contributed by atoms with Crippen LogP contribution in [0.15, 0.2) is 24.3 Å². The zero-order valence-corrected chi connectivity index (χ0v) is 12.7. The zero-order chi connectivity index (χ0) is 14.3. The molecule has 0 bridgehead atoms. The summed E-state index contributed by atoms with van der Waals surface area (Å²) in [5.74, 6) is 0. The van der Waals surface area contributed by atoms with Crippen LogP contribution in [0, 0.1) is 5.41 Å². The molecule has 0 radical (unpaired) electrons. The van der Waals surface area contributed by atoms with E-state index in [0.717, 1.165) is 12.0 Å². The summed E-state index contributed by atoms with van der Waals surface area (Å²) in [5.41, 5.74) is 8.21. The highest BCUT2D eigenvalue weighted by molar-refractivity contribution is 5.25. The van der Waals surface area contributed by atoms with Crippen molar-refractivity contribution in [3.63, 3.8) is 0 Å². The lowest BCUT2D eigenvalue weighted by Crippen LogP contribution is -2.12. The quantitative estimate of drug-likeness (QED) is 0.749. The van der Waals surface area contributed by atoms with Crippen LogP contribution in [0.1, 0.15) is 63.7 Å². The van der Waals surface area contributed by atoms with Crippen molar-refractivity contribution in [3.05, 3.63) is 35.4 Å². The Morgan fingerprint density at radius 3 is 2.63 bits per heavy atom. The van der Waals surface area contributed by atoms with Crippen molar-refractivity contribution in [1.29, 1.82) is 0 Å². The summed E-state index contributed by atoms with van der Waals surface area (Å²) < 4.78 is 0. The van der Waals surface area contributed by atoms with Crippen molar-refractivity contribution in [2.24, 2.45) is 11.1 Å². The van der Waals surface area contributed by atoms with Crippen LogP contribution < -0.4 is 5.73 Å². The van der Waals surface area contributed by atoms with Gasteiger partial charge in [0.2, 0.25) is 0 Å². The monoisotopic (exact) mass is 263 g/mol. The topological polar surface area (TPSA) is 46.2 Å². The van der Waals surface area contributed by atoms with E-state index in [-0.39, 0.29) is 0 Å². The fourth-order valence-corrected chi connectivity index (χ4v) is 2.56. The molecule has 1 unspecified atom stereocenters. The number of hydrogen-bond acceptors (Lipinski definition) is 2. The number of aliphatic hydroxyl groups is 1. The van der Waals surface area contributed by atoms with E-state index in [1.54, 1.807) is 0 Å². The highest BCUT2D eigenvalue weighted by atomic mass is 16.3. The molecule has 0 aliphatic rings. The van der Waals surface area contributed by atoms with Crippen molar-refractivity contribution in [2.45, 2.75) is 59.0 Å². The van der Waals surface area contributed by atoms with Crippen LogP contribution in [0.2, 0.25) is 0 Å². The second kappa shape index (κ2) is 7.66. The molecule has 0 aliphatic carbocycles. The maximum Gasteiger partial charge on any atom is 0.0802 e. The normalized spacial score (nSPS) is 13.5. The Hall–Kier alpha value is -0.860. The molecule has 2 heteroatoms. The first-order valence-electron chi connectivity index (χ1n) is 7.45. The fraction of sp³-hybridized carbons (Fsp3) is 0.647. The average molecular weight is 263 g/mol. The molecule has 1 aromatic carbocycles. The Bertz CT molecular complexity index is 373. The van der Waals surface area contributed by atoms with E-state index in [1.807, 2.05) is 12.1 Å². The Kier molecular flexibility index (Phi) is 6.53. The van der Waals surface area contributed by atoms with E-state index in [0.29, 0.717) is 18.4 Å². The molecule has 2 nitrogen and oxygen atoms in total. The number of aryl methyl sites for hydroxylation is 1. The number of rotatable bonds is 8. The van der Waals surface area contributed by atoms with Crippen LogP contribution in [-0.4, -0.2) is 11.7 Å². The first-order chi connectivity index (χ1) is 8.98. The Morgan fingerprint density at radius 1 is 1.26 bits per heavy atom. The van der Waals surface area contributed by atoms with Gasteiger partial charge in [-0.15, -0.1) is 0 Å². The third-order valence-corrected chi connectivity index (χ3v) is 3.79. The Morgan fingerprint density at radius 2 is 2.00 bits per heavy atom. The molecular weight excluding hydrogens is 234 g/mol. The fourth-order valence-electron chi connectivity index (χ4n) is 2.56. The summed E-state index contributed by atoms with van der Waals surface area (Å²) in [4.78, 5) is 0. The predicted molar refractivity (Wildman–Crippen MR) is 82.1 cm³/mol. The van der Waals surface area contributed by atoms with Gasteiger partial charge in [-0.1, -0.05) is 51.5 Å². The Labute approximate surface area is 118 Å². The molecule has 0 aliphatic heterocycles. The SMILES string of the molecule is CCCC(C)(C)CCc1cccc(C(O)CCN)c1. The maximum absolute atomic E-state index is 9.98. The largest absolute Gasteiger partial charge is 0.388 e. The van der Waals surface area contributed by atoms with E-state index < -0.39 is 6.10 Å². The molecule has 3 N–H and O–H groups in total. The lowest BCUT2D eigenvalue weighted by atomic mass is 9.82.